The fourth-order valence-corrected chi connectivity index (χ4v) is 4.13. The van der Waals surface area contributed by atoms with Crippen LogP contribution in [-0.4, -0.2) is 25.6 Å². The number of pyridine rings is 1. The summed E-state index contributed by atoms with van der Waals surface area (Å²) in [5.74, 6) is 0. The van der Waals surface area contributed by atoms with Gasteiger partial charge in [-0.2, -0.15) is 13.2 Å². The second-order valence-electron chi connectivity index (χ2n) is 6.82. The van der Waals surface area contributed by atoms with Gasteiger partial charge >= 0.3 is 6.18 Å². The van der Waals surface area contributed by atoms with Crippen LogP contribution in [0.5, 0.6) is 0 Å². The quantitative estimate of drug-likeness (QED) is 0.775. The average molecular weight is 334 g/mol. The molecule has 0 amide bonds. The predicted molar refractivity (Wildman–Crippen MR) is 80.6 cm³/mol. The van der Waals surface area contributed by atoms with E-state index in [4.69, 9.17) is 0 Å². The molecule has 1 aromatic heterocycles. The molecule has 0 saturated heterocycles. The summed E-state index contributed by atoms with van der Waals surface area (Å²) in [5.41, 5.74) is -0.240. The summed E-state index contributed by atoms with van der Waals surface area (Å²) >= 11 is -1.26. The van der Waals surface area contributed by atoms with E-state index in [-0.39, 0.29) is 0 Å². The number of nitrogens with zero attached hydrogens (tertiary/aromatic N) is 2. The molecule has 1 aliphatic rings. The van der Waals surface area contributed by atoms with Gasteiger partial charge in [0.15, 0.2) is 0 Å². The smallest absolute Gasteiger partial charge is 0.433 e. The van der Waals surface area contributed by atoms with Crippen LogP contribution in [0.15, 0.2) is 12.1 Å². The molecule has 3 nitrogen and oxygen atoms in total. The average Bonchev–Trinajstić information content (AvgIpc) is 2.73. The lowest BCUT2D eigenvalue weighted by Gasteiger charge is -2.40. The van der Waals surface area contributed by atoms with Gasteiger partial charge in [-0.05, 0) is 52.2 Å². The number of hydrogen-bond donors (Lipinski definition) is 0. The van der Waals surface area contributed by atoms with Crippen molar-refractivity contribution in [1.29, 1.82) is 0 Å². The Morgan fingerprint density at radius 3 is 2.36 bits per heavy atom. The van der Waals surface area contributed by atoms with Gasteiger partial charge in [-0.25, -0.2) is 4.98 Å². The van der Waals surface area contributed by atoms with Crippen LogP contribution in [0.2, 0.25) is 0 Å². The van der Waals surface area contributed by atoms with Crippen molar-refractivity contribution in [3.8, 4) is 0 Å². The van der Waals surface area contributed by atoms with Crippen LogP contribution < -0.4 is 0 Å². The van der Waals surface area contributed by atoms with Crippen LogP contribution in [0.3, 0.4) is 0 Å². The molecular formula is C15H21F3N2OS. The van der Waals surface area contributed by atoms with Crippen LogP contribution in [0.25, 0.3) is 0 Å². The summed E-state index contributed by atoms with van der Waals surface area (Å²) in [6.45, 7) is 7.55. The molecule has 7 heteroatoms. The Bertz CT molecular complexity index is 571. The number of fused-ring (bicyclic) bond motifs is 1. The molecular weight excluding hydrogens is 313 g/mol. The van der Waals surface area contributed by atoms with Gasteiger partial charge in [0.25, 0.3) is 0 Å². The monoisotopic (exact) mass is 334 g/mol. The number of hydrogen-bond acceptors (Lipinski definition) is 3. The second kappa shape index (κ2) is 5.39. The van der Waals surface area contributed by atoms with E-state index in [1.807, 2.05) is 27.7 Å². The first kappa shape index (κ1) is 17.6. The standard InChI is InChI=1S/C15H21F3N2OS/c1-13(2,3)22(21)20(5)14(4)9-8-11-10(14)6-7-12(19-11)15(16,17)18/h6-7H,8-9H2,1-5H3. The summed E-state index contributed by atoms with van der Waals surface area (Å²) in [7, 11) is 1.76. The van der Waals surface area contributed by atoms with Gasteiger partial charge in [0.2, 0.25) is 0 Å². The van der Waals surface area contributed by atoms with Crippen molar-refractivity contribution in [2.75, 3.05) is 7.05 Å². The number of halogens is 3. The van der Waals surface area contributed by atoms with Gasteiger partial charge in [0, 0.05) is 24.1 Å². The van der Waals surface area contributed by atoms with Crippen molar-refractivity contribution in [1.82, 2.24) is 9.29 Å². The van der Waals surface area contributed by atoms with Crippen LogP contribution in [-0.2, 0) is 29.5 Å². The summed E-state index contributed by atoms with van der Waals surface area (Å²) in [6.07, 6.45) is -3.37. The van der Waals surface area contributed by atoms with Crippen molar-refractivity contribution in [2.24, 2.45) is 0 Å². The van der Waals surface area contributed by atoms with E-state index in [0.717, 1.165) is 11.6 Å². The summed E-state index contributed by atoms with van der Waals surface area (Å²) in [4.78, 5) is 3.77. The van der Waals surface area contributed by atoms with E-state index in [2.05, 4.69) is 4.98 Å². The molecule has 1 aliphatic carbocycles. The Kier molecular flexibility index (Phi) is 4.30. The molecule has 2 atom stereocenters. The molecule has 22 heavy (non-hydrogen) atoms. The highest BCUT2D eigenvalue weighted by molar-refractivity contribution is 7.90. The van der Waals surface area contributed by atoms with Crippen molar-refractivity contribution in [2.45, 2.75) is 57.0 Å². The Morgan fingerprint density at radius 1 is 1.27 bits per heavy atom. The first-order chi connectivity index (χ1) is 9.87. The molecule has 0 saturated carbocycles. The third-order valence-electron chi connectivity index (χ3n) is 4.16. The van der Waals surface area contributed by atoms with Crippen molar-refractivity contribution in [3.63, 3.8) is 0 Å². The highest BCUT2D eigenvalue weighted by Crippen LogP contribution is 2.44. The van der Waals surface area contributed by atoms with E-state index in [1.54, 1.807) is 11.4 Å². The molecule has 0 aromatic carbocycles. The number of aromatic nitrogens is 1. The number of rotatable bonds is 2. The molecule has 0 bridgehead atoms. The SMILES string of the molecule is CN([S+]([O-])C(C)(C)C)C1(C)CCc2nc(C(F)(F)F)ccc21. The fourth-order valence-electron chi connectivity index (χ4n) is 2.76. The van der Waals surface area contributed by atoms with E-state index in [0.29, 0.717) is 18.5 Å². The van der Waals surface area contributed by atoms with Crippen molar-refractivity contribution < 1.29 is 17.7 Å². The lowest BCUT2D eigenvalue weighted by molar-refractivity contribution is -0.141. The van der Waals surface area contributed by atoms with Gasteiger partial charge in [0.1, 0.15) is 10.4 Å². The highest BCUT2D eigenvalue weighted by Gasteiger charge is 2.48. The summed E-state index contributed by atoms with van der Waals surface area (Å²) < 4.78 is 52.3. The molecule has 0 N–H and O–H groups in total. The number of alkyl halides is 3. The first-order valence-electron chi connectivity index (χ1n) is 7.11. The maximum atomic E-state index is 12.8. The van der Waals surface area contributed by atoms with Crippen LogP contribution in [0.1, 0.15) is 51.1 Å². The Balaban J connectivity index is 2.39. The Morgan fingerprint density at radius 2 is 1.86 bits per heavy atom. The van der Waals surface area contributed by atoms with Gasteiger partial charge in [-0.3, -0.25) is 0 Å². The Labute approximate surface area is 132 Å². The first-order valence-corrected chi connectivity index (χ1v) is 8.21. The Hall–Kier alpha value is -0.790. The second-order valence-corrected chi connectivity index (χ2v) is 9.09. The largest absolute Gasteiger partial charge is 0.597 e. The van der Waals surface area contributed by atoms with Crippen molar-refractivity contribution in [3.05, 3.63) is 29.1 Å². The zero-order valence-electron chi connectivity index (χ0n) is 13.4. The van der Waals surface area contributed by atoms with Crippen LogP contribution in [0, 0.1) is 0 Å². The normalized spacial score (nSPS) is 23.7. The lowest BCUT2D eigenvalue weighted by atomic mass is 9.95. The fraction of sp³-hybridized carbons (Fsp3) is 0.667. The number of aryl methyl sites for hydroxylation is 1. The molecule has 0 radical (unpaired) electrons. The molecule has 1 aromatic rings. The third-order valence-corrected chi connectivity index (χ3v) is 6.11. The van der Waals surface area contributed by atoms with E-state index < -0.39 is 33.5 Å². The van der Waals surface area contributed by atoms with Gasteiger partial charge in [-0.1, -0.05) is 6.07 Å². The highest BCUT2D eigenvalue weighted by atomic mass is 32.2. The minimum absolute atomic E-state index is 0.431. The third kappa shape index (κ3) is 2.98. The molecule has 0 aliphatic heterocycles. The van der Waals surface area contributed by atoms with Crippen molar-refractivity contribution >= 4 is 11.4 Å². The molecule has 0 spiro atoms. The lowest BCUT2D eigenvalue weighted by Crippen LogP contribution is -2.50. The molecule has 124 valence electrons. The van der Waals surface area contributed by atoms with Gasteiger partial charge < -0.3 is 4.55 Å². The zero-order chi connectivity index (χ0) is 16.9. The van der Waals surface area contributed by atoms with Crippen LogP contribution in [0.4, 0.5) is 13.2 Å². The molecule has 2 unspecified atom stereocenters. The minimum atomic E-state index is -4.44. The van der Waals surface area contributed by atoms with Gasteiger partial charge in [-0.15, -0.1) is 4.31 Å². The maximum absolute atomic E-state index is 12.8. The van der Waals surface area contributed by atoms with Gasteiger partial charge in [0.05, 0.1) is 5.54 Å². The topological polar surface area (TPSA) is 39.2 Å². The summed E-state index contributed by atoms with van der Waals surface area (Å²) in [5, 5.41) is 0. The molecule has 1 heterocycles. The maximum Gasteiger partial charge on any atom is 0.433 e. The minimum Gasteiger partial charge on any atom is -0.597 e. The molecule has 0 fully saturated rings. The van der Waals surface area contributed by atoms with E-state index >= 15 is 0 Å². The zero-order valence-corrected chi connectivity index (χ0v) is 14.2. The van der Waals surface area contributed by atoms with E-state index in [9.17, 15) is 17.7 Å². The predicted octanol–water partition coefficient (Wildman–Crippen LogP) is 3.66. The molecule has 2 rings (SSSR count). The van der Waals surface area contributed by atoms with Crippen LogP contribution >= 0.6 is 0 Å². The summed E-state index contributed by atoms with van der Waals surface area (Å²) in [6, 6.07) is 2.49. The van der Waals surface area contributed by atoms with E-state index in [1.165, 1.54) is 6.07 Å².